The van der Waals surface area contributed by atoms with E-state index in [0.717, 1.165) is 12.8 Å². The Morgan fingerprint density at radius 2 is 1.94 bits per heavy atom. The van der Waals surface area contributed by atoms with Gasteiger partial charge in [0, 0.05) is 13.1 Å². The minimum atomic E-state index is -2.88. The highest BCUT2D eigenvalue weighted by Crippen LogP contribution is 2.31. The molecule has 0 radical (unpaired) electrons. The van der Waals surface area contributed by atoms with E-state index in [1.807, 2.05) is 0 Å². The number of likely N-dealkylation sites (tertiary alicyclic amines) is 1. The van der Waals surface area contributed by atoms with E-state index in [1.54, 1.807) is 4.90 Å². The van der Waals surface area contributed by atoms with Gasteiger partial charge in [-0.2, -0.15) is 0 Å². The first-order chi connectivity index (χ1) is 7.11. The Morgan fingerprint density at radius 3 is 2.50 bits per heavy atom. The van der Waals surface area contributed by atoms with E-state index < -0.39 is 11.8 Å². The molecule has 0 saturated carbocycles. The second-order valence-electron chi connectivity index (χ2n) is 4.31. The van der Waals surface area contributed by atoms with Crippen LogP contribution < -0.4 is 5.32 Å². The van der Waals surface area contributed by atoms with Crippen LogP contribution in [0.15, 0.2) is 0 Å². The van der Waals surface area contributed by atoms with Crippen LogP contribution in [-0.4, -0.2) is 42.9 Å². The summed E-state index contributed by atoms with van der Waals surface area (Å²) < 4.78 is 26.9. The van der Waals surface area contributed by atoms with Crippen molar-refractivity contribution < 1.29 is 13.6 Å². The Bertz CT molecular complexity index is 257. The number of nitrogens with one attached hydrogen (secondary N) is 1. The Labute approximate surface area is 100.0 Å². The second kappa shape index (κ2) is 5.27. The largest absolute Gasteiger partial charge is 0.342 e. The lowest BCUT2D eigenvalue weighted by Gasteiger charge is -2.33. The Hall–Kier alpha value is -0.420. The number of rotatable bonds is 1. The molecular formula is C10H17ClF2N2O. The van der Waals surface area contributed by atoms with Gasteiger partial charge in [-0.15, -0.1) is 12.4 Å². The number of hydrogen-bond donors (Lipinski definition) is 1. The summed E-state index contributed by atoms with van der Waals surface area (Å²) in [6, 6.07) is 0. The van der Waals surface area contributed by atoms with E-state index in [-0.39, 0.29) is 31.3 Å². The van der Waals surface area contributed by atoms with Crippen molar-refractivity contribution in [3.63, 3.8) is 0 Å². The Kier molecular flexibility index (Phi) is 4.50. The van der Waals surface area contributed by atoms with E-state index in [9.17, 15) is 13.6 Å². The van der Waals surface area contributed by atoms with Crippen LogP contribution in [-0.2, 0) is 4.79 Å². The van der Waals surface area contributed by atoms with Crippen molar-refractivity contribution in [3.8, 4) is 0 Å². The van der Waals surface area contributed by atoms with Gasteiger partial charge in [0.25, 0.3) is 5.92 Å². The van der Waals surface area contributed by atoms with Crippen LogP contribution in [0.5, 0.6) is 0 Å². The lowest BCUT2D eigenvalue weighted by Crippen LogP contribution is -2.52. The standard InChI is InChI=1S/C10H16F2N2O.ClH/c11-10(12)7-13-4-3-8(10)9(15)14-5-1-2-6-14;/h8,13H,1-7H2;1H. The van der Waals surface area contributed by atoms with Gasteiger partial charge in [0.05, 0.1) is 6.54 Å². The molecule has 2 saturated heterocycles. The van der Waals surface area contributed by atoms with Crippen LogP contribution in [0.1, 0.15) is 19.3 Å². The van der Waals surface area contributed by atoms with Crippen LogP contribution in [0.2, 0.25) is 0 Å². The number of piperidine rings is 1. The second-order valence-corrected chi connectivity index (χ2v) is 4.31. The summed E-state index contributed by atoms with van der Waals surface area (Å²) in [6.45, 7) is 1.45. The van der Waals surface area contributed by atoms with Gasteiger partial charge in [0.1, 0.15) is 5.92 Å². The molecule has 16 heavy (non-hydrogen) atoms. The van der Waals surface area contributed by atoms with E-state index >= 15 is 0 Å². The average molecular weight is 255 g/mol. The molecule has 0 spiro atoms. The predicted octanol–water partition coefficient (Wildman–Crippen LogP) is 1.28. The number of carbonyl (C=O) groups is 1. The smallest absolute Gasteiger partial charge is 0.271 e. The third-order valence-electron chi connectivity index (χ3n) is 3.20. The van der Waals surface area contributed by atoms with Crippen LogP contribution in [0.4, 0.5) is 8.78 Å². The van der Waals surface area contributed by atoms with E-state index in [0.29, 0.717) is 19.6 Å². The molecular weight excluding hydrogens is 238 g/mol. The van der Waals surface area contributed by atoms with Gasteiger partial charge in [0.15, 0.2) is 0 Å². The summed E-state index contributed by atoms with van der Waals surface area (Å²) in [4.78, 5) is 13.4. The van der Waals surface area contributed by atoms with E-state index in [2.05, 4.69) is 5.32 Å². The molecule has 1 atom stereocenters. The molecule has 94 valence electrons. The normalized spacial score (nSPS) is 28.6. The molecule has 2 rings (SSSR count). The van der Waals surface area contributed by atoms with Crippen molar-refractivity contribution in [3.05, 3.63) is 0 Å². The Balaban J connectivity index is 0.00000128. The van der Waals surface area contributed by atoms with E-state index in [1.165, 1.54) is 0 Å². The molecule has 1 N–H and O–H groups in total. The van der Waals surface area contributed by atoms with Gasteiger partial charge in [-0.3, -0.25) is 4.79 Å². The summed E-state index contributed by atoms with van der Waals surface area (Å²) in [5.41, 5.74) is 0. The molecule has 2 fully saturated rings. The summed E-state index contributed by atoms with van der Waals surface area (Å²) in [5.74, 6) is -4.33. The molecule has 0 aromatic heterocycles. The molecule has 2 aliphatic heterocycles. The number of alkyl halides is 2. The number of hydrogen-bond acceptors (Lipinski definition) is 2. The summed E-state index contributed by atoms with van der Waals surface area (Å²) in [5, 5.41) is 2.63. The highest BCUT2D eigenvalue weighted by atomic mass is 35.5. The van der Waals surface area contributed by atoms with Crippen molar-refractivity contribution in [1.29, 1.82) is 0 Å². The van der Waals surface area contributed by atoms with Gasteiger partial charge in [-0.1, -0.05) is 0 Å². The van der Waals surface area contributed by atoms with Crippen molar-refractivity contribution in [2.75, 3.05) is 26.2 Å². The summed E-state index contributed by atoms with van der Waals surface area (Å²) in [6.07, 6.45) is 2.15. The fourth-order valence-corrected chi connectivity index (χ4v) is 2.30. The van der Waals surface area contributed by atoms with Gasteiger partial charge < -0.3 is 10.2 Å². The van der Waals surface area contributed by atoms with Crippen molar-refractivity contribution in [2.45, 2.75) is 25.2 Å². The minimum absolute atomic E-state index is 0. The lowest BCUT2D eigenvalue weighted by atomic mass is 9.92. The fraction of sp³-hybridized carbons (Fsp3) is 0.900. The molecule has 2 heterocycles. The first-order valence-electron chi connectivity index (χ1n) is 5.48. The summed E-state index contributed by atoms with van der Waals surface area (Å²) >= 11 is 0. The molecule has 0 aliphatic carbocycles. The predicted molar refractivity (Wildman–Crippen MR) is 59.0 cm³/mol. The zero-order valence-corrected chi connectivity index (χ0v) is 9.86. The van der Waals surface area contributed by atoms with Crippen LogP contribution >= 0.6 is 12.4 Å². The van der Waals surface area contributed by atoms with Crippen LogP contribution in [0, 0.1) is 5.92 Å². The highest BCUT2D eigenvalue weighted by Gasteiger charge is 2.47. The molecule has 0 aromatic rings. The average Bonchev–Trinajstić information content (AvgIpc) is 2.69. The maximum atomic E-state index is 13.5. The summed E-state index contributed by atoms with van der Waals surface area (Å²) in [7, 11) is 0. The Morgan fingerprint density at radius 1 is 1.31 bits per heavy atom. The van der Waals surface area contributed by atoms with Crippen LogP contribution in [0.3, 0.4) is 0 Å². The SMILES string of the molecule is Cl.O=C(C1CCNCC1(F)F)N1CCCC1. The van der Waals surface area contributed by atoms with Crippen molar-refractivity contribution in [2.24, 2.45) is 5.92 Å². The maximum Gasteiger partial charge on any atom is 0.271 e. The minimum Gasteiger partial charge on any atom is -0.342 e. The molecule has 0 aromatic carbocycles. The molecule has 1 amide bonds. The van der Waals surface area contributed by atoms with Crippen molar-refractivity contribution in [1.82, 2.24) is 10.2 Å². The molecule has 3 nitrogen and oxygen atoms in total. The van der Waals surface area contributed by atoms with Gasteiger partial charge in [-0.05, 0) is 25.8 Å². The van der Waals surface area contributed by atoms with Gasteiger partial charge >= 0.3 is 0 Å². The van der Waals surface area contributed by atoms with Crippen molar-refractivity contribution >= 4 is 18.3 Å². The molecule has 2 aliphatic rings. The monoisotopic (exact) mass is 254 g/mol. The number of nitrogens with zero attached hydrogens (tertiary/aromatic N) is 1. The molecule has 6 heteroatoms. The first kappa shape index (κ1) is 13.6. The molecule has 0 bridgehead atoms. The molecule has 1 unspecified atom stereocenters. The van der Waals surface area contributed by atoms with Crippen LogP contribution in [0.25, 0.3) is 0 Å². The third-order valence-corrected chi connectivity index (χ3v) is 3.20. The first-order valence-corrected chi connectivity index (χ1v) is 5.48. The zero-order valence-electron chi connectivity index (χ0n) is 9.05. The maximum absolute atomic E-state index is 13.5. The lowest BCUT2D eigenvalue weighted by molar-refractivity contribution is -0.152. The van der Waals surface area contributed by atoms with Gasteiger partial charge in [0.2, 0.25) is 5.91 Å². The third kappa shape index (κ3) is 2.63. The quantitative estimate of drug-likeness (QED) is 0.765. The highest BCUT2D eigenvalue weighted by molar-refractivity contribution is 5.85. The van der Waals surface area contributed by atoms with E-state index in [4.69, 9.17) is 0 Å². The zero-order chi connectivity index (χ0) is 10.9. The fourth-order valence-electron chi connectivity index (χ4n) is 2.30. The van der Waals surface area contributed by atoms with Gasteiger partial charge in [-0.25, -0.2) is 8.78 Å². The number of amides is 1. The topological polar surface area (TPSA) is 32.3 Å². The number of halogens is 3. The number of carbonyl (C=O) groups excluding carboxylic acids is 1.